The van der Waals surface area contributed by atoms with E-state index in [4.69, 9.17) is 9.88 Å². The summed E-state index contributed by atoms with van der Waals surface area (Å²) in [7, 11) is -3.54. The number of halogens is 1. The Balaban J connectivity index is 1.32. The minimum atomic E-state index is -3.54. The van der Waals surface area contributed by atoms with Crippen molar-refractivity contribution in [3.63, 3.8) is 0 Å². The Morgan fingerprint density at radius 3 is 2.67 bits per heavy atom. The molecular weight excluding hydrogens is 409 g/mol. The highest BCUT2D eigenvalue weighted by Crippen LogP contribution is 2.50. The number of hydrogen-bond acceptors (Lipinski definition) is 4. The van der Waals surface area contributed by atoms with Crippen molar-refractivity contribution in [2.24, 2.45) is 14.9 Å². The van der Waals surface area contributed by atoms with Crippen LogP contribution < -0.4 is 15.2 Å². The van der Waals surface area contributed by atoms with Crippen molar-refractivity contribution < 1.29 is 18.1 Å². The predicted octanol–water partition coefficient (Wildman–Crippen LogP) is 2.71. The maximum atomic E-state index is 14.6. The van der Waals surface area contributed by atoms with Gasteiger partial charge < -0.3 is 10.1 Å². The summed E-state index contributed by atoms with van der Waals surface area (Å²) < 4.78 is 38.9. The van der Waals surface area contributed by atoms with Gasteiger partial charge in [-0.05, 0) is 67.2 Å². The Labute approximate surface area is 173 Å². The van der Waals surface area contributed by atoms with Crippen molar-refractivity contribution in [3.05, 3.63) is 34.3 Å². The molecule has 2 amide bonds. The summed E-state index contributed by atoms with van der Waals surface area (Å²) in [6.45, 7) is 1.22. The van der Waals surface area contributed by atoms with Gasteiger partial charge in [0, 0.05) is 11.1 Å². The summed E-state index contributed by atoms with van der Waals surface area (Å²) in [4.78, 5) is 12.8. The minimum absolute atomic E-state index is 0.126. The molecular formula is C20H22FN5O3S. The van der Waals surface area contributed by atoms with E-state index in [1.54, 1.807) is 4.68 Å². The summed E-state index contributed by atoms with van der Waals surface area (Å²) in [5.74, 6) is 0.196. The number of anilines is 1. The third kappa shape index (κ3) is 2.63. The molecule has 1 spiro atoms. The van der Waals surface area contributed by atoms with Crippen LogP contribution in [0.25, 0.3) is 0 Å². The van der Waals surface area contributed by atoms with Gasteiger partial charge in [0.2, 0.25) is 5.88 Å². The monoisotopic (exact) mass is 431 g/mol. The number of nitrogens with zero attached hydrogens (tertiary/aromatic N) is 3. The smallest absolute Gasteiger partial charge is 0.354 e. The molecule has 0 radical (unpaired) electrons. The number of fused-ring (bicyclic) bond motifs is 3. The molecule has 1 aromatic carbocycles. The molecule has 1 aromatic heterocycles. The van der Waals surface area contributed by atoms with Crippen LogP contribution in [0.5, 0.6) is 5.88 Å². The standard InChI is InChI=1S/C20H22FN5O3S/c21-16-11-2-1-3-13(11)17(14-5-4-12(14)16)24-19(27)25-30(22,28)15-8-23-26-9-20(6-7-20)10-29-18(15)26/h8H,1-7,9-10H2,(H3,22,24,25,27,28). The number of amides is 2. The van der Waals surface area contributed by atoms with Crippen LogP contribution in [0.2, 0.25) is 0 Å². The van der Waals surface area contributed by atoms with Crippen LogP contribution in [-0.4, -0.2) is 26.6 Å². The fourth-order valence-electron chi connectivity index (χ4n) is 4.85. The predicted molar refractivity (Wildman–Crippen MR) is 107 cm³/mol. The first-order valence-corrected chi connectivity index (χ1v) is 11.8. The fourth-order valence-corrected chi connectivity index (χ4v) is 5.86. The second-order valence-electron chi connectivity index (χ2n) is 8.81. The van der Waals surface area contributed by atoms with Gasteiger partial charge in [-0.2, -0.15) is 5.10 Å². The van der Waals surface area contributed by atoms with Crippen LogP contribution in [0.1, 0.15) is 41.5 Å². The third-order valence-electron chi connectivity index (χ3n) is 6.82. The molecule has 158 valence electrons. The molecule has 6 rings (SSSR count). The van der Waals surface area contributed by atoms with Crippen molar-refractivity contribution in [2.45, 2.75) is 56.4 Å². The lowest BCUT2D eigenvalue weighted by molar-refractivity contribution is 0.144. The lowest BCUT2D eigenvalue weighted by atomic mass is 9.83. The first kappa shape index (κ1) is 18.3. The van der Waals surface area contributed by atoms with Crippen molar-refractivity contribution in [2.75, 3.05) is 11.9 Å². The fraction of sp³-hybridized carbons (Fsp3) is 0.500. The molecule has 4 aliphatic rings. The van der Waals surface area contributed by atoms with Crippen LogP contribution >= 0.6 is 0 Å². The van der Waals surface area contributed by atoms with E-state index in [2.05, 4.69) is 14.8 Å². The number of hydrogen-bond donors (Lipinski definition) is 2. The Bertz CT molecular complexity index is 1240. The molecule has 2 heterocycles. The zero-order chi connectivity index (χ0) is 20.7. The molecule has 8 nitrogen and oxygen atoms in total. The van der Waals surface area contributed by atoms with E-state index in [0.29, 0.717) is 61.5 Å². The largest absolute Gasteiger partial charge is 0.476 e. The Morgan fingerprint density at radius 2 is 1.93 bits per heavy atom. The van der Waals surface area contributed by atoms with Crippen LogP contribution in [-0.2, 0) is 42.1 Å². The number of carbonyl (C=O) groups is 1. The highest BCUT2D eigenvalue weighted by Gasteiger charge is 2.48. The van der Waals surface area contributed by atoms with E-state index in [1.807, 2.05) is 0 Å². The molecule has 1 saturated carbocycles. The quantitative estimate of drug-likeness (QED) is 0.761. The first-order chi connectivity index (χ1) is 14.4. The van der Waals surface area contributed by atoms with Crippen molar-refractivity contribution in [1.29, 1.82) is 0 Å². The van der Waals surface area contributed by atoms with E-state index in [1.165, 1.54) is 6.20 Å². The molecule has 30 heavy (non-hydrogen) atoms. The second kappa shape index (κ2) is 6.04. The number of ether oxygens (including phenoxy) is 1. The normalized spacial score (nSPS) is 21.5. The Kier molecular flexibility index (Phi) is 3.69. The number of nitrogens with one attached hydrogen (secondary N) is 1. The zero-order valence-corrected chi connectivity index (χ0v) is 17.2. The van der Waals surface area contributed by atoms with Gasteiger partial charge in [-0.15, -0.1) is 4.36 Å². The SMILES string of the molecule is NS(=O)(=NC(=O)Nc1c2c(c(F)c3c1CC3)CCC2)c1cnn2c1OCC1(CC1)C2. The van der Waals surface area contributed by atoms with E-state index < -0.39 is 15.9 Å². The molecule has 1 unspecified atom stereocenters. The highest BCUT2D eigenvalue weighted by atomic mass is 32.2. The lowest BCUT2D eigenvalue weighted by Crippen LogP contribution is -2.28. The average molecular weight is 431 g/mol. The number of nitrogens with two attached hydrogens (primary N) is 1. The number of benzene rings is 1. The van der Waals surface area contributed by atoms with Crippen LogP contribution in [0.4, 0.5) is 14.9 Å². The van der Waals surface area contributed by atoms with Crippen molar-refractivity contribution in [3.8, 4) is 5.88 Å². The molecule has 1 aliphatic heterocycles. The molecule has 2 aromatic rings. The van der Waals surface area contributed by atoms with Gasteiger partial charge in [0.05, 0.1) is 19.3 Å². The summed E-state index contributed by atoms with van der Waals surface area (Å²) in [5, 5.41) is 13.0. The van der Waals surface area contributed by atoms with Crippen LogP contribution in [0.3, 0.4) is 0 Å². The Hall–Kier alpha value is -2.46. The minimum Gasteiger partial charge on any atom is -0.476 e. The topological polar surface area (TPSA) is 112 Å². The number of carbonyl (C=O) groups excluding carboxylic acids is 1. The molecule has 0 bridgehead atoms. The van der Waals surface area contributed by atoms with E-state index in [9.17, 15) is 13.4 Å². The van der Waals surface area contributed by atoms with Gasteiger partial charge in [-0.1, -0.05) is 0 Å². The first-order valence-electron chi connectivity index (χ1n) is 10.3. The third-order valence-corrected chi connectivity index (χ3v) is 8.17. The molecule has 3 aliphatic carbocycles. The maximum absolute atomic E-state index is 14.6. The van der Waals surface area contributed by atoms with Gasteiger partial charge in [0.25, 0.3) is 0 Å². The second-order valence-corrected chi connectivity index (χ2v) is 10.6. The van der Waals surface area contributed by atoms with Gasteiger partial charge in [-0.3, -0.25) is 0 Å². The maximum Gasteiger partial charge on any atom is 0.354 e. The van der Waals surface area contributed by atoms with Gasteiger partial charge >= 0.3 is 6.03 Å². The number of urea groups is 1. The van der Waals surface area contributed by atoms with Gasteiger partial charge in [-0.25, -0.2) is 23.2 Å². The molecule has 10 heteroatoms. The van der Waals surface area contributed by atoms with Crippen LogP contribution in [0.15, 0.2) is 15.5 Å². The number of aromatic nitrogens is 2. The molecule has 0 saturated heterocycles. The van der Waals surface area contributed by atoms with Crippen LogP contribution in [0, 0.1) is 11.2 Å². The van der Waals surface area contributed by atoms with Crippen molar-refractivity contribution >= 4 is 21.6 Å². The van der Waals surface area contributed by atoms with E-state index >= 15 is 0 Å². The van der Waals surface area contributed by atoms with E-state index in [0.717, 1.165) is 30.4 Å². The van der Waals surface area contributed by atoms with Gasteiger partial charge in [0.1, 0.15) is 10.7 Å². The molecule has 1 fully saturated rings. The highest BCUT2D eigenvalue weighted by molar-refractivity contribution is 7.91. The Morgan fingerprint density at radius 1 is 1.23 bits per heavy atom. The molecule has 1 atom stereocenters. The summed E-state index contributed by atoms with van der Waals surface area (Å²) >= 11 is 0. The summed E-state index contributed by atoms with van der Waals surface area (Å²) in [6, 6.07) is -0.799. The van der Waals surface area contributed by atoms with E-state index in [-0.39, 0.29) is 16.1 Å². The molecule has 3 N–H and O–H groups in total. The zero-order valence-electron chi connectivity index (χ0n) is 16.4. The summed E-state index contributed by atoms with van der Waals surface area (Å²) in [6.07, 6.45) is 7.14. The van der Waals surface area contributed by atoms with Crippen molar-refractivity contribution in [1.82, 2.24) is 9.78 Å². The van der Waals surface area contributed by atoms with Gasteiger partial charge in [0.15, 0.2) is 9.92 Å². The lowest BCUT2D eigenvalue weighted by Gasteiger charge is -2.26. The summed E-state index contributed by atoms with van der Waals surface area (Å²) in [5.41, 5.74) is 3.77. The number of rotatable bonds is 2. The average Bonchev–Trinajstić information content (AvgIpc) is 3.06.